The number of rotatable bonds is 4. The zero-order valence-corrected chi connectivity index (χ0v) is 27.3. The molecule has 234 valence electrons. The smallest absolute Gasteiger partial charge is 0.0998 e. The highest BCUT2D eigenvalue weighted by Gasteiger charge is 2.20. The third-order valence-corrected chi connectivity index (χ3v) is 9.88. The minimum absolute atomic E-state index is 0.443. The number of nitrogens with zero attached hydrogens (tertiary/aromatic N) is 4. The van der Waals surface area contributed by atoms with Crippen molar-refractivity contribution in [2.45, 2.75) is 0 Å². The predicted octanol–water partition coefficient (Wildman–Crippen LogP) is 11.7. The molecule has 9 aromatic rings. The van der Waals surface area contributed by atoms with Crippen molar-refractivity contribution < 1.29 is 0 Å². The second-order valence-electron chi connectivity index (χ2n) is 12.6. The van der Waals surface area contributed by atoms with Crippen LogP contribution in [0.15, 0.2) is 158 Å². The molecule has 1 heterocycles. The molecule has 0 saturated carbocycles. The minimum atomic E-state index is 0.443. The largest absolute Gasteiger partial charge is 0.309 e. The zero-order chi connectivity index (χ0) is 34.5. The second kappa shape index (κ2) is 11.9. The average Bonchev–Trinajstić information content (AvgIpc) is 3.53. The standard InChI is InChI=1S/C47H26N4/c48-27-30-18-23-44-42(24-30)37-12-8-9-17-43(37)51(44)36-21-19-32(20-22-36)45-34(28-49)25-33(26-35(45)29-50)47-40-15-6-4-13-38(40)46(31-10-2-1-3-11-31)39-14-5-7-16-41(39)47/h1-26H. The van der Waals surface area contributed by atoms with Crippen LogP contribution in [0.4, 0.5) is 0 Å². The van der Waals surface area contributed by atoms with E-state index >= 15 is 0 Å². The molecule has 0 saturated heterocycles. The first-order valence-electron chi connectivity index (χ1n) is 16.7. The predicted molar refractivity (Wildman–Crippen MR) is 206 cm³/mol. The number of aromatic nitrogens is 1. The lowest BCUT2D eigenvalue weighted by molar-refractivity contribution is 1.18. The van der Waals surface area contributed by atoms with Gasteiger partial charge in [-0.1, -0.05) is 109 Å². The van der Waals surface area contributed by atoms with Gasteiger partial charge in [0.2, 0.25) is 0 Å². The van der Waals surface area contributed by atoms with E-state index in [9.17, 15) is 15.8 Å². The fourth-order valence-corrected chi connectivity index (χ4v) is 7.73. The van der Waals surface area contributed by atoms with Gasteiger partial charge in [0.1, 0.15) is 0 Å². The molecule has 51 heavy (non-hydrogen) atoms. The topological polar surface area (TPSA) is 76.3 Å². The van der Waals surface area contributed by atoms with E-state index in [0.717, 1.165) is 76.9 Å². The van der Waals surface area contributed by atoms with Gasteiger partial charge in [0.15, 0.2) is 0 Å². The van der Waals surface area contributed by atoms with E-state index in [-0.39, 0.29) is 0 Å². The maximum Gasteiger partial charge on any atom is 0.0998 e. The van der Waals surface area contributed by atoms with Gasteiger partial charge >= 0.3 is 0 Å². The van der Waals surface area contributed by atoms with Crippen LogP contribution in [0.3, 0.4) is 0 Å². The average molecular weight is 647 g/mol. The maximum atomic E-state index is 10.6. The summed E-state index contributed by atoms with van der Waals surface area (Å²) in [6, 6.07) is 60.1. The minimum Gasteiger partial charge on any atom is -0.309 e. The quantitative estimate of drug-likeness (QED) is 0.179. The van der Waals surface area contributed by atoms with Crippen molar-refractivity contribution in [1.82, 2.24) is 4.57 Å². The Hall–Kier alpha value is -7.45. The number of nitriles is 3. The Morgan fingerprint density at radius 2 is 0.843 bits per heavy atom. The number of benzene rings is 8. The van der Waals surface area contributed by atoms with Gasteiger partial charge in [0.25, 0.3) is 0 Å². The van der Waals surface area contributed by atoms with E-state index in [0.29, 0.717) is 22.3 Å². The highest BCUT2D eigenvalue weighted by Crippen LogP contribution is 2.45. The molecular weight excluding hydrogens is 621 g/mol. The highest BCUT2D eigenvalue weighted by molar-refractivity contribution is 6.21. The lowest BCUT2D eigenvalue weighted by Crippen LogP contribution is -1.96. The van der Waals surface area contributed by atoms with Crippen LogP contribution < -0.4 is 0 Å². The first kappa shape index (κ1) is 29.7. The van der Waals surface area contributed by atoms with Crippen LogP contribution in [0.2, 0.25) is 0 Å². The Balaban J connectivity index is 1.22. The molecule has 4 heteroatoms. The third kappa shape index (κ3) is 4.66. The fourth-order valence-electron chi connectivity index (χ4n) is 7.73. The molecule has 9 rings (SSSR count). The van der Waals surface area contributed by atoms with Crippen LogP contribution in [0, 0.1) is 34.0 Å². The molecule has 0 unspecified atom stereocenters. The summed E-state index contributed by atoms with van der Waals surface area (Å²) < 4.78 is 2.18. The number of fused-ring (bicyclic) bond motifs is 5. The maximum absolute atomic E-state index is 10.6. The molecule has 0 amide bonds. The van der Waals surface area contributed by atoms with Gasteiger partial charge in [0, 0.05) is 22.0 Å². The van der Waals surface area contributed by atoms with Crippen LogP contribution in [0.1, 0.15) is 16.7 Å². The summed E-state index contributed by atoms with van der Waals surface area (Å²) in [5.74, 6) is 0. The molecule has 0 spiro atoms. The molecule has 0 aliphatic carbocycles. The van der Waals surface area contributed by atoms with E-state index < -0.39 is 0 Å². The van der Waals surface area contributed by atoms with Crippen LogP contribution in [-0.2, 0) is 0 Å². The Kier molecular flexibility index (Phi) is 6.93. The van der Waals surface area contributed by atoms with Crippen molar-refractivity contribution in [3.05, 3.63) is 174 Å². The van der Waals surface area contributed by atoms with E-state index in [2.05, 4.69) is 95.6 Å². The van der Waals surface area contributed by atoms with E-state index in [1.807, 2.05) is 84.9 Å². The lowest BCUT2D eigenvalue weighted by Gasteiger charge is -2.19. The van der Waals surface area contributed by atoms with Gasteiger partial charge in [-0.15, -0.1) is 0 Å². The molecule has 1 aromatic heterocycles. The van der Waals surface area contributed by atoms with Crippen molar-refractivity contribution in [3.8, 4) is 57.3 Å². The summed E-state index contributed by atoms with van der Waals surface area (Å²) >= 11 is 0. The Morgan fingerprint density at radius 1 is 0.353 bits per heavy atom. The lowest BCUT2D eigenvalue weighted by atomic mass is 9.84. The zero-order valence-electron chi connectivity index (χ0n) is 27.3. The van der Waals surface area contributed by atoms with E-state index in [4.69, 9.17) is 0 Å². The highest BCUT2D eigenvalue weighted by atomic mass is 15.0. The van der Waals surface area contributed by atoms with Gasteiger partial charge in [-0.25, -0.2) is 0 Å². The van der Waals surface area contributed by atoms with Gasteiger partial charge in [0.05, 0.1) is 45.9 Å². The Labute approximate surface area is 294 Å². The van der Waals surface area contributed by atoms with Gasteiger partial charge in [-0.2, -0.15) is 15.8 Å². The fraction of sp³-hybridized carbons (Fsp3) is 0. The van der Waals surface area contributed by atoms with E-state index in [1.165, 1.54) is 0 Å². The van der Waals surface area contributed by atoms with Crippen molar-refractivity contribution >= 4 is 43.4 Å². The van der Waals surface area contributed by atoms with Crippen LogP contribution in [-0.4, -0.2) is 4.57 Å². The summed E-state index contributed by atoms with van der Waals surface area (Å²) in [5.41, 5.74) is 10.0. The van der Waals surface area contributed by atoms with E-state index in [1.54, 1.807) is 0 Å². The molecular formula is C47H26N4. The van der Waals surface area contributed by atoms with Crippen molar-refractivity contribution in [2.75, 3.05) is 0 Å². The molecule has 0 fully saturated rings. The molecule has 8 aromatic carbocycles. The van der Waals surface area contributed by atoms with Crippen molar-refractivity contribution in [2.24, 2.45) is 0 Å². The summed E-state index contributed by atoms with van der Waals surface area (Å²) in [7, 11) is 0. The number of hydrogen-bond acceptors (Lipinski definition) is 3. The summed E-state index contributed by atoms with van der Waals surface area (Å²) in [5, 5.41) is 37.2. The van der Waals surface area contributed by atoms with Gasteiger partial charge < -0.3 is 4.57 Å². The number of hydrogen-bond donors (Lipinski definition) is 0. The first-order chi connectivity index (χ1) is 25.2. The van der Waals surface area contributed by atoms with Crippen LogP contribution in [0.25, 0.3) is 82.4 Å². The van der Waals surface area contributed by atoms with Crippen LogP contribution in [0.5, 0.6) is 0 Å². The van der Waals surface area contributed by atoms with Crippen molar-refractivity contribution in [3.63, 3.8) is 0 Å². The van der Waals surface area contributed by atoms with Crippen LogP contribution >= 0.6 is 0 Å². The Bertz CT molecular complexity index is 2890. The molecule has 0 atom stereocenters. The third-order valence-electron chi connectivity index (χ3n) is 9.88. The molecule has 0 radical (unpaired) electrons. The molecule has 0 aliphatic rings. The molecule has 4 nitrogen and oxygen atoms in total. The van der Waals surface area contributed by atoms with Gasteiger partial charge in [-0.05, 0) is 97.9 Å². The summed E-state index contributed by atoms with van der Waals surface area (Å²) in [6.07, 6.45) is 0. The first-order valence-corrected chi connectivity index (χ1v) is 16.7. The summed E-state index contributed by atoms with van der Waals surface area (Å²) in [6.45, 7) is 0. The molecule has 0 N–H and O–H groups in total. The van der Waals surface area contributed by atoms with Crippen molar-refractivity contribution in [1.29, 1.82) is 15.8 Å². The number of para-hydroxylation sites is 1. The normalized spacial score (nSPS) is 11.1. The monoisotopic (exact) mass is 646 g/mol. The molecule has 0 bridgehead atoms. The Morgan fingerprint density at radius 3 is 1.41 bits per heavy atom. The SMILES string of the molecule is N#Cc1ccc2c(c1)c1ccccc1n2-c1ccc(-c2c(C#N)cc(-c3c4ccccc4c(-c4ccccc4)c4ccccc34)cc2C#N)cc1. The second-order valence-corrected chi connectivity index (χ2v) is 12.6. The van der Waals surface area contributed by atoms with Gasteiger partial charge in [-0.3, -0.25) is 0 Å². The summed E-state index contributed by atoms with van der Waals surface area (Å²) in [4.78, 5) is 0. The molecule has 0 aliphatic heterocycles.